The molecule has 0 N–H and O–H groups in total. The third kappa shape index (κ3) is 3.41. The molecule has 0 nitrogen and oxygen atoms in total. The van der Waals surface area contributed by atoms with Gasteiger partial charge < -0.3 is 0 Å². The van der Waals surface area contributed by atoms with Gasteiger partial charge in [-0.15, -0.1) is 5.54 Å². The van der Waals surface area contributed by atoms with E-state index in [2.05, 4.69) is 81.1 Å². The maximum atomic E-state index is 3.53. The first-order chi connectivity index (χ1) is 8.88. The molecule has 1 heterocycles. The quantitative estimate of drug-likeness (QED) is 0.478. The van der Waals surface area contributed by atoms with Crippen molar-refractivity contribution in [3.05, 3.63) is 52.6 Å². The number of aryl methyl sites for hydroxylation is 1. The number of hydrogen-bond acceptors (Lipinski definition) is 0. The Morgan fingerprint density at radius 1 is 1.00 bits per heavy atom. The van der Waals surface area contributed by atoms with Crippen molar-refractivity contribution in [1.29, 1.82) is 0 Å². The molecule has 0 amide bonds. The van der Waals surface area contributed by atoms with Crippen LogP contribution >= 0.6 is 7.53 Å². The van der Waals surface area contributed by atoms with Gasteiger partial charge in [0.25, 0.3) is 0 Å². The minimum absolute atomic E-state index is 0.369. The van der Waals surface area contributed by atoms with E-state index in [1.807, 2.05) is 0 Å². The second kappa shape index (κ2) is 5.41. The second-order valence-electron chi connectivity index (χ2n) is 5.99. The second-order valence-corrected chi connectivity index (χ2v) is 12.7. The van der Waals surface area contributed by atoms with E-state index in [9.17, 15) is 0 Å². The van der Waals surface area contributed by atoms with E-state index in [-0.39, 0.29) is 7.53 Å². The van der Waals surface area contributed by atoms with Crippen molar-refractivity contribution in [2.75, 3.05) is 0 Å². The fourth-order valence-corrected chi connectivity index (χ4v) is 4.85. The fraction of sp³-hybridized carbons (Fsp3) is 0.294. The van der Waals surface area contributed by atoms with Crippen molar-refractivity contribution >= 4 is 15.6 Å². The van der Waals surface area contributed by atoms with Crippen LogP contribution < -0.4 is 0 Å². The number of benzene rings is 1. The summed E-state index contributed by atoms with van der Waals surface area (Å²) in [5.41, 5.74) is 6.32. The zero-order chi connectivity index (χ0) is 14.0. The molecule has 0 radical (unpaired) electrons. The van der Waals surface area contributed by atoms with Gasteiger partial charge in [-0.1, -0.05) is 63.4 Å². The lowest BCUT2D eigenvalue weighted by atomic mass is 10.2. The summed E-state index contributed by atoms with van der Waals surface area (Å²) in [7, 11) is -1.68. The lowest BCUT2D eigenvalue weighted by Crippen LogP contribution is -2.16. The SMILES string of the molecule is Cc1cp(-c2ccccc2)c(C#C[Si](C)(C)C)c1C. The smallest absolute Gasteiger partial charge is 0.126 e. The van der Waals surface area contributed by atoms with Crippen molar-refractivity contribution < 1.29 is 0 Å². The topological polar surface area (TPSA) is 0 Å². The predicted molar refractivity (Wildman–Crippen MR) is 90.2 cm³/mol. The minimum Gasteiger partial charge on any atom is -0.126 e. The van der Waals surface area contributed by atoms with Crippen LogP contribution in [0.2, 0.25) is 19.6 Å². The molecule has 2 heteroatoms. The van der Waals surface area contributed by atoms with Crippen LogP contribution in [-0.2, 0) is 0 Å². The monoisotopic (exact) mass is 284 g/mol. The summed E-state index contributed by atoms with van der Waals surface area (Å²) in [6.07, 6.45) is 0. The molecule has 0 saturated heterocycles. The average molecular weight is 284 g/mol. The maximum Gasteiger partial charge on any atom is 0.129 e. The molecule has 0 aliphatic heterocycles. The minimum atomic E-state index is -1.31. The van der Waals surface area contributed by atoms with E-state index in [0.29, 0.717) is 0 Å². The lowest BCUT2D eigenvalue weighted by molar-refractivity contribution is 1.39. The van der Waals surface area contributed by atoms with Crippen LogP contribution in [0.5, 0.6) is 0 Å². The molecule has 98 valence electrons. The normalized spacial score (nSPS) is 11.9. The molecule has 0 saturated carbocycles. The summed E-state index contributed by atoms with van der Waals surface area (Å²) in [5, 5.41) is 2.77. The highest BCUT2D eigenvalue weighted by atomic mass is 31.1. The zero-order valence-electron chi connectivity index (χ0n) is 12.4. The van der Waals surface area contributed by atoms with E-state index in [0.717, 1.165) is 0 Å². The molecule has 0 aliphatic rings. The van der Waals surface area contributed by atoms with Crippen molar-refractivity contribution in [1.82, 2.24) is 0 Å². The first kappa shape index (κ1) is 14.2. The van der Waals surface area contributed by atoms with E-state index in [1.54, 1.807) is 0 Å². The Hall–Kier alpha value is -1.22. The van der Waals surface area contributed by atoms with Crippen molar-refractivity contribution in [2.45, 2.75) is 33.5 Å². The van der Waals surface area contributed by atoms with Gasteiger partial charge in [0.1, 0.15) is 8.07 Å². The Morgan fingerprint density at radius 2 is 1.63 bits per heavy atom. The van der Waals surface area contributed by atoms with Crippen LogP contribution in [-0.4, -0.2) is 8.07 Å². The Morgan fingerprint density at radius 3 is 2.21 bits per heavy atom. The first-order valence-corrected chi connectivity index (χ1v) is 11.6. The van der Waals surface area contributed by atoms with Crippen molar-refractivity contribution in [3.63, 3.8) is 0 Å². The van der Waals surface area contributed by atoms with Crippen LogP contribution in [0, 0.1) is 25.3 Å². The molecule has 0 fully saturated rings. The molecule has 2 aromatic rings. The molecular weight excluding hydrogens is 263 g/mol. The van der Waals surface area contributed by atoms with Crippen molar-refractivity contribution in [2.24, 2.45) is 0 Å². The van der Waals surface area contributed by atoms with E-state index in [4.69, 9.17) is 0 Å². The van der Waals surface area contributed by atoms with E-state index < -0.39 is 8.07 Å². The molecule has 1 atom stereocenters. The van der Waals surface area contributed by atoms with Crippen LogP contribution in [0.15, 0.2) is 36.1 Å². The number of hydrogen-bond donors (Lipinski definition) is 0. The Balaban J connectivity index is 2.57. The van der Waals surface area contributed by atoms with Gasteiger partial charge in [0.15, 0.2) is 0 Å². The Bertz CT molecular complexity index is 634. The van der Waals surface area contributed by atoms with E-state index >= 15 is 0 Å². The van der Waals surface area contributed by atoms with Gasteiger partial charge in [-0.2, -0.15) is 0 Å². The number of rotatable bonds is 1. The summed E-state index contributed by atoms with van der Waals surface area (Å²) in [5.74, 6) is 5.93. The van der Waals surface area contributed by atoms with Gasteiger partial charge in [0.05, 0.1) is 5.30 Å². The zero-order valence-corrected chi connectivity index (χ0v) is 14.3. The lowest BCUT2D eigenvalue weighted by Gasteiger charge is -2.05. The summed E-state index contributed by atoms with van der Waals surface area (Å²) in [6, 6.07) is 10.8. The van der Waals surface area contributed by atoms with Gasteiger partial charge in [0, 0.05) is 0 Å². The van der Waals surface area contributed by atoms with E-state index in [1.165, 1.54) is 21.7 Å². The first-order valence-electron chi connectivity index (χ1n) is 6.65. The van der Waals surface area contributed by atoms with Crippen LogP contribution in [0.25, 0.3) is 5.30 Å². The summed E-state index contributed by atoms with van der Waals surface area (Å²) in [6.45, 7) is 11.3. The van der Waals surface area contributed by atoms with Crippen LogP contribution in [0.3, 0.4) is 0 Å². The molecule has 0 aliphatic carbocycles. The third-order valence-electron chi connectivity index (χ3n) is 3.10. The van der Waals surface area contributed by atoms with Crippen LogP contribution in [0.4, 0.5) is 0 Å². The third-order valence-corrected chi connectivity index (χ3v) is 6.40. The maximum absolute atomic E-state index is 3.53. The Labute approximate surface area is 118 Å². The largest absolute Gasteiger partial charge is 0.129 e. The molecule has 0 spiro atoms. The standard InChI is InChI=1S/C17H21PSi/c1-14-13-18(16-9-7-6-8-10-16)17(15(14)2)11-12-19(3,4)5/h6-10,13H,1-5H3. The molecular formula is C17H21PSi. The van der Waals surface area contributed by atoms with Gasteiger partial charge in [0.2, 0.25) is 0 Å². The van der Waals surface area contributed by atoms with Gasteiger partial charge in [-0.05, 0) is 36.1 Å². The molecule has 19 heavy (non-hydrogen) atoms. The van der Waals surface area contributed by atoms with Crippen molar-refractivity contribution in [3.8, 4) is 16.8 Å². The van der Waals surface area contributed by atoms with Crippen LogP contribution in [0.1, 0.15) is 16.4 Å². The summed E-state index contributed by atoms with van der Waals surface area (Å²) < 4.78 is 0. The van der Waals surface area contributed by atoms with Gasteiger partial charge >= 0.3 is 0 Å². The summed E-state index contributed by atoms with van der Waals surface area (Å²) >= 11 is 0. The molecule has 2 rings (SSSR count). The Kier molecular flexibility index (Phi) is 4.04. The highest BCUT2D eigenvalue weighted by Crippen LogP contribution is 2.46. The molecule has 1 unspecified atom stereocenters. The van der Waals surface area contributed by atoms with Gasteiger partial charge in [-0.25, -0.2) is 0 Å². The molecule has 1 aromatic carbocycles. The average Bonchev–Trinajstić information content (AvgIpc) is 2.64. The fourth-order valence-electron chi connectivity index (χ4n) is 1.92. The highest BCUT2D eigenvalue weighted by molar-refractivity contribution is 7.57. The summed E-state index contributed by atoms with van der Waals surface area (Å²) in [4.78, 5) is 0. The molecule has 0 bridgehead atoms. The highest BCUT2D eigenvalue weighted by Gasteiger charge is 2.12. The van der Waals surface area contributed by atoms with Gasteiger partial charge in [-0.3, -0.25) is 0 Å². The predicted octanol–water partition coefficient (Wildman–Crippen LogP) is 5.51. The molecule has 1 aromatic heterocycles.